The molecule has 4 N–H and O–H groups in total. The molecule has 0 bridgehead atoms. The van der Waals surface area contributed by atoms with Crippen LogP contribution < -0.4 is 20.9 Å². The summed E-state index contributed by atoms with van der Waals surface area (Å²) in [6.45, 7) is 2.10. The highest BCUT2D eigenvalue weighted by Crippen LogP contribution is 2.24. The van der Waals surface area contributed by atoms with Gasteiger partial charge in [-0.1, -0.05) is 0 Å². The van der Waals surface area contributed by atoms with Crippen LogP contribution in [0.1, 0.15) is 33.7 Å². The molecule has 1 fully saturated rings. The minimum atomic E-state index is -0.158. The van der Waals surface area contributed by atoms with Crippen molar-refractivity contribution in [2.75, 3.05) is 40.5 Å². The van der Waals surface area contributed by atoms with Crippen LogP contribution >= 0.6 is 0 Å². The fraction of sp³-hybridized carbons (Fsp3) is 0.226. The number of nitrogens with one attached hydrogen (secondary N) is 3. The predicted octanol–water partition coefficient (Wildman–Crippen LogP) is 5.48. The first kappa shape index (κ1) is 26.1. The Kier molecular flexibility index (Phi) is 7.94. The van der Waals surface area contributed by atoms with Gasteiger partial charge in [0.15, 0.2) is 0 Å². The summed E-state index contributed by atoms with van der Waals surface area (Å²) >= 11 is 0. The van der Waals surface area contributed by atoms with Gasteiger partial charge in [-0.2, -0.15) is 0 Å². The molecule has 1 aromatic heterocycles. The maximum atomic E-state index is 12.8. The number of aromatic nitrogens is 1. The molecule has 0 saturated carbocycles. The highest BCUT2D eigenvalue weighted by atomic mass is 16.3. The van der Waals surface area contributed by atoms with E-state index in [4.69, 9.17) is 0 Å². The molecule has 200 valence electrons. The summed E-state index contributed by atoms with van der Waals surface area (Å²) in [6, 6.07) is 26.3. The fourth-order valence-electron chi connectivity index (χ4n) is 4.73. The molecule has 0 radical (unpaired) electrons. The lowest BCUT2D eigenvalue weighted by molar-refractivity contribution is 0.101. The van der Waals surface area contributed by atoms with E-state index in [-0.39, 0.29) is 18.4 Å². The Hall–Kier alpha value is -4.56. The summed E-state index contributed by atoms with van der Waals surface area (Å²) in [6.07, 6.45) is 3.81. The van der Waals surface area contributed by atoms with Crippen molar-refractivity contribution in [2.24, 2.45) is 13.0 Å². The minimum Gasteiger partial charge on any atom is -0.396 e. The first-order chi connectivity index (χ1) is 19.0. The third kappa shape index (κ3) is 6.48. The van der Waals surface area contributed by atoms with Crippen LogP contribution in [-0.4, -0.2) is 41.2 Å². The van der Waals surface area contributed by atoms with E-state index in [2.05, 4.69) is 20.9 Å². The van der Waals surface area contributed by atoms with Crippen molar-refractivity contribution in [3.05, 3.63) is 102 Å². The normalized spacial score (nSPS) is 13.6. The number of rotatable bonds is 8. The van der Waals surface area contributed by atoms with E-state index in [0.717, 1.165) is 43.0 Å². The number of benzene rings is 3. The molecular weight excluding hydrogens is 490 g/mol. The first-order valence-electron chi connectivity index (χ1n) is 13.2. The van der Waals surface area contributed by atoms with Crippen LogP contribution in [0.4, 0.5) is 28.4 Å². The first-order valence-corrected chi connectivity index (χ1v) is 13.2. The van der Waals surface area contributed by atoms with Gasteiger partial charge in [-0.05, 0) is 104 Å². The Morgan fingerprint density at radius 1 is 0.769 bits per heavy atom. The topological polar surface area (TPSA) is 98.6 Å². The lowest BCUT2D eigenvalue weighted by Crippen LogP contribution is -2.34. The molecule has 1 aliphatic rings. The average molecular weight is 524 g/mol. The zero-order chi connectivity index (χ0) is 27.2. The zero-order valence-corrected chi connectivity index (χ0v) is 21.9. The molecule has 0 atom stereocenters. The third-order valence-corrected chi connectivity index (χ3v) is 7.12. The van der Waals surface area contributed by atoms with Crippen LogP contribution in [0.2, 0.25) is 0 Å². The second kappa shape index (κ2) is 11.9. The van der Waals surface area contributed by atoms with E-state index in [1.165, 1.54) is 0 Å². The van der Waals surface area contributed by atoms with E-state index in [1.807, 2.05) is 92.1 Å². The monoisotopic (exact) mass is 523 g/mol. The van der Waals surface area contributed by atoms with Crippen LogP contribution in [0.3, 0.4) is 0 Å². The molecular formula is C31H33N5O3. The number of aliphatic hydroxyl groups excluding tert-OH is 1. The van der Waals surface area contributed by atoms with Gasteiger partial charge in [0.1, 0.15) is 5.69 Å². The smallest absolute Gasteiger partial charge is 0.272 e. The highest BCUT2D eigenvalue weighted by molar-refractivity contribution is 6.04. The maximum Gasteiger partial charge on any atom is 0.272 e. The number of aliphatic hydroxyl groups is 1. The molecule has 2 amide bonds. The van der Waals surface area contributed by atoms with Crippen molar-refractivity contribution in [3.8, 4) is 0 Å². The summed E-state index contributed by atoms with van der Waals surface area (Å²) in [5.74, 6) is 0.0812. The van der Waals surface area contributed by atoms with Gasteiger partial charge in [0, 0.05) is 66.9 Å². The summed E-state index contributed by atoms with van der Waals surface area (Å²) < 4.78 is 1.78. The second-order valence-electron chi connectivity index (χ2n) is 9.85. The number of anilines is 5. The molecule has 3 aromatic carbocycles. The standard InChI is InChI=1S/C31H33N5O3/c1-35-18-2-3-29(35)31(39)34-27-12-8-25(9-13-27)32-24-6-10-26(11-7-24)33-30(38)23-4-14-28(15-5-23)36-19-16-22(21-37)17-20-36/h2-15,18,22,32,37H,16-17,19-21H2,1H3,(H,33,38)(H,34,39). The quantitative estimate of drug-likeness (QED) is 0.245. The van der Waals surface area contributed by atoms with Crippen molar-refractivity contribution in [1.29, 1.82) is 0 Å². The number of hydrogen-bond acceptors (Lipinski definition) is 5. The Bertz CT molecular complexity index is 1400. The van der Waals surface area contributed by atoms with Gasteiger partial charge in [-0.15, -0.1) is 0 Å². The lowest BCUT2D eigenvalue weighted by atomic mass is 9.97. The van der Waals surface area contributed by atoms with Gasteiger partial charge in [-0.3, -0.25) is 9.59 Å². The van der Waals surface area contributed by atoms with Gasteiger partial charge in [0.05, 0.1) is 0 Å². The third-order valence-electron chi connectivity index (χ3n) is 7.12. The van der Waals surface area contributed by atoms with Gasteiger partial charge in [-0.25, -0.2) is 0 Å². The molecule has 0 unspecified atom stereocenters. The fourth-order valence-corrected chi connectivity index (χ4v) is 4.73. The number of aryl methyl sites for hydroxylation is 1. The maximum absolute atomic E-state index is 12.8. The molecule has 4 aromatic rings. The molecule has 2 heterocycles. The number of piperidine rings is 1. The summed E-state index contributed by atoms with van der Waals surface area (Å²) in [5.41, 5.74) is 5.47. The van der Waals surface area contributed by atoms with E-state index >= 15 is 0 Å². The summed E-state index contributed by atoms with van der Waals surface area (Å²) in [5, 5.41) is 18.5. The lowest BCUT2D eigenvalue weighted by Gasteiger charge is -2.32. The molecule has 1 saturated heterocycles. The number of carbonyl (C=O) groups excluding carboxylic acids is 2. The van der Waals surface area contributed by atoms with Crippen molar-refractivity contribution in [1.82, 2.24) is 4.57 Å². The molecule has 5 rings (SSSR count). The summed E-state index contributed by atoms with van der Waals surface area (Å²) in [4.78, 5) is 27.4. The van der Waals surface area contributed by atoms with Crippen molar-refractivity contribution >= 4 is 40.3 Å². The largest absolute Gasteiger partial charge is 0.396 e. The molecule has 0 aliphatic carbocycles. The summed E-state index contributed by atoms with van der Waals surface area (Å²) in [7, 11) is 1.83. The van der Waals surface area contributed by atoms with Crippen LogP contribution in [0, 0.1) is 5.92 Å². The Labute approximate surface area is 228 Å². The van der Waals surface area contributed by atoms with Crippen molar-refractivity contribution < 1.29 is 14.7 Å². The minimum absolute atomic E-state index is 0.157. The number of carbonyl (C=O) groups is 2. The molecule has 8 nitrogen and oxygen atoms in total. The second-order valence-corrected chi connectivity index (χ2v) is 9.85. The highest BCUT2D eigenvalue weighted by Gasteiger charge is 2.19. The van der Waals surface area contributed by atoms with Crippen LogP contribution in [0.25, 0.3) is 0 Å². The van der Waals surface area contributed by atoms with Gasteiger partial charge in [0.25, 0.3) is 11.8 Å². The van der Waals surface area contributed by atoms with Crippen molar-refractivity contribution in [3.63, 3.8) is 0 Å². The SMILES string of the molecule is Cn1cccc1C(=O)Nc1ccc(Nc2ccc(NC(=O)c3ccc(N4CCC(CO)CC4)cc3)cc2)cc1. The molecule has 39 heavy (non-hydrogen) atoms. The van der Waals surface area contributed by atoms with Gasteiger partial charge in [0.2, 0.25) is 0 Å². The average Bonchev–Trinajstić information content (AvgIpc) is 3.41. The van der Waals surface area contributed by atoms with Crippen LogP contribution in [0.15, 0.2) is 91.1 Å². The molecule has 8 heteroatoms. The predicted molar refractivity (Wildman–Crippen MR) is 156 cm³/mol. The van der Waals surface area contributed by atoms with E-state index in [9.17, 15) is 14.7 Å². The molecule has 1 aliphatic heterocycles. The van der Waals surface area contributed by atoms with E-state index < -0.39 is 0 Å². The number of hydrogen-bond donors (Lipinski definition) is 4. The number of nitrogens with zero attached hydrogens (tertiary/aromatic N) is 2. The van der Waals surface area contributed by atoms with Crippen LogP contribution in [0.5, 0.6) is 0 Å². The Morgan fingerprint density at radius 3 is 1.82 bits per heavy atom. The Balaban J connectivity index is 1.12. The Morgan fingerprint density at radius 2 is 1.31 bits per heavy atom. The number of amides is 2. The van der Waals surface area contributed by atoms with E-state index in [0.29, 0.717) is 28.6 Å². The van der Waals surface area contributed by atoms with Gasteiger partial charge >= 0.3 is 0 Å². The molecule has 0 spiro atoms. The van der Waals surface area contributed by atoms with E-state index in [1.54, 1.807) is 10.6 Å². The van der Waals surface area contributed by atoms with Crippen LogP contribution in [-0.2, 0) is 7.05 Å². The zero-order valence-electron chi connectivity index (χ0n) is 21.9. The van der Waals surface area contributed by atoms with Crippen molar-refractivity contribution in [2.45, 2.75) is 12.8 Å². The van der Waals surface area contributed by atoms with Gasteiger partial charge < -0.3 is 30.5 Å².